The van der Waals surface area contributed by atoms with Crippen molar-refractivity contribution in [3.8, 4) is 0 Å². The van der Waals surface area contributed by atoms with Gasteiger partial charge in [0.1, 0.15) is 6.04 Å². The topological polar surface area (TPSA) is 83.5 Å². The van der Waals surface area contributed by atoms with E-state index in [1.165, 1.54) is 6.42 Å². The van der Waals surface area contributed by atoms with E-state index in [0.717, 1.165) is 25.7 Å². The van der Waals surface area contributed by atoms with Crippen LogP contribution in [0.15, 0.2) is 35.2 Å². The summed E-state index contributed by atoms with van der Waals surface area (Å²) in [7, 11) is -3.53. The SMILES string of the molecule is O=C(O)[C@H]1C[C@H](S(=O)(=O)c2ccccc2)[C@@H](C2CCCCC2)N1. The number of nitrogens with one attached hydrogen (secondary N) is 1. The molecule has 2 aliphatic rings. The third-order valence-corrected chi connectivity index (χ3v) is 7.40. The highest BCUT2D eigenvalue weighted by atomic mass is 32.2. The van der Waals surface area contributed by atoms with Gasteiger partial charge < -0.3 is 5.11 Å². The van der Waals surface area contributed by atoms with Crippen LogP contribution in [0, 0.1) is 5.92 Å². The van der Waals surface area contributed by atoms with Crippen LogP contribution in [-0.4, -0.2) is 36.8 Å². The molecule has 1 aliphatic heterocycles. The van der Waals surface area contributed by atoms with Gasteiger partial charge in [-0.1, -0.05) is 37.5 Å². The maximum Gasteiger partial charge on any atom is 0.320 e. The predicted molar refractivity (Wildman–Crippen MR) is 87.0 cm³/mol. The van der Waals surface area contributed by atoms with Crippen LogP contribution in [0.25, 0.3) is 0 Å². The van der Waals surface area contributed by atoms with E-state index in [4.69, 9.17) is 0 Å². The molecule has 3 atom stereocenters. The Hall–Kier alpha value is -1.40. The van der Waals surface area contributed by atoms with Gasteiger partial charge in [-0.25, -0.2) is 8.42 Å². The minimum atomic E-state index is -3.53. The number of hydrogen-bond acceptors (Lipinski definition) is 4. The van der Waals surface area contributed by atoms with Crippen molar-refractivity contribution in [2.45, 2.75) is 60.8 Å². The van der Waals surface area contributed by atoms with Crippen LogP contribution in [-0.2, 0) is 14.6 Å². The molecule has 1 saturated carbocycles. The van der Waals surface area contributed by atoms with Gasteiger partial charge in [0.2, 0.25) is 0 Å². The lowest BCUT2D eigenvalue weighted by atomic mass is 9.83. The second kappa shape index (κ2) is 6.61. The first kappa shape index (κ1) is 16.5. The van der Waals surface area contributed by atoms with Gasteiger partial charge in [-0.05, 0) is 37.3 Å². The van der Waals surface area contributed by atoms with Gasteiger partial charge in [0, 0.05) is 6.04 Å². The molecule has 126 valence electrons. The normalized spacial score (nSPS) is 29.5. The largest absolute Gasteiger partial charge is 0.480 e. The molecule has 1 heterocycles. The summed E-state index contributed by atoms with van der Waals surface area (Å²) in [5.74, 6) is -0.715. The third kappa shape index (κ3) is 3.28. The fraction of sp³-hybridized carbons (Fsp3) is 0.588. The Morgan fingerprint density at radius 2 is 1.74 bits per heavy atom. The Labute approximate surface area is 137 Å². The maximum atomic E-state index is 13.0. The van der Waals surface area contributed by atoms with Crippen LogP contribution < -0.4 is 5.32 Å². The van der Waals surface area contributed by atoms with Crippen LogP contribution in [0.5, 0.6) is 0 Å². The molecule has 0 spiro atoms. The Bertz CT molecular complexity index is 652. The summed E-state index contributed by atoms with van der Waals surface area (Å²) in [6, 6.07) is 7.36. The lowest BCUT2D eigenvalue weighted by molar-refractivity contribution is -0.139. The van der Waals surface area contributed by atoms with Crippen molar-refractivity contribution < 1.29 is 18.3 Å². The lowest BCUT2D eigenvalue weighted by Crippen LogP contribution is -2.44. The average Bonchev–Trinajstić information content (AvgIpc) is 3.03. The fourth-order valence-corrected chi connectivity index (χ4v) is 6.01. The van der Waals surface area contributed by atoms with Crippen molar-refractivity contribution in [3.05, 3.63) is 30.3 Å². The minimum Gasteiger partial charge on any atom is -0.480 e. The molecule has 0 unspecified atom stereocenters. The van der Waals surface area contributed by atoms with Crippen LogP contribution in [0.2, 0.25) is 0 Å². The summed E-state index contributed by atoms with van der Waals surface area (Å²) < 4.78 is 26.0. The van der Waals surface area contributed by atoms with Gasteiger partial charge in [0.05, 0.1) is 10.1 Å². The van der Waals surface area contributed by atoms with Crippen LogP contribution in [0.1, 0.15) is 38.5 Å². The van der Waals surface area contributed by atoms with E-state index in [-0.39, 0.29) is 18.4 Å². The zero-order valence-corrected chi connectivity index (χ0v) is 13.8. The number of carbonyl (C=O) groups is 1. The molecule has 5 nitrogen and oxygen atoms in total. The number of hydrogen-bond donors (Lipinski definition) is 2. The molecule has 0 amide bonds. The van der Waals surface area contributed by atoms with Gasteiger partial charge in [-0.15, -0.1) is 0 Å². The monoisotopic (exact) mass is 337 g/mol. The van der Waals surface area contributed by atoms with Crippen molar-refractivity contribution in [1.82, 2.24) is 5.32 Å². The summed E-state index contributed by atoms with van der Waals surface area (Å²) in [6.45, 7) is 0. The summed E-state index contributed by atoms with van der Waals surface area (Å²) in [4.78, 5) is 11.7. The van der Waals surface area contributed by atoms with Gasteiger partial charge in [-0.2, -0.15) is 0 Å². The number of carboxylic acid groups (broad SMARTS) is 1. The third-order valence-electron chi connectivity index (χ3n) is 5.19. The molecule has 0 bridgehead atoms. The van der Waals surface area contributed by atoms with E-state index in [9.17, 15) is 18.3 Å². The van der Waals surface area contributed by atoms with Crippen molar-refractivity contribution in [2.24, 2.45) is 5.92 Å². The van der Waals surface area contributed by atoms with Crippen molar-refractivity contribution >= 4 is 15.8 Å². The quantitative estimate of drug-likeness (QED) is 0.880. The van der Waals surface area contributed by atoms with E-state index in [1.807, 2.05) is 0 Å². The van der Waals surface area contributed by atoms with Crippen LogP contribution >= 0.6 is 0 Å². The van der Waals surface area contributed by atoms with Crippen molar-refractivity contribution in [2.75, 3.05) is 0 Å². The van der Waals surface area contributed by atoms with Crippen molar-refractivity contribution in [1.29, 1.82) is 0 Å². The summed E-state index contributed by atoms with van der Waals surface area (Å²) >= 11 is 0. The van der Waals surface area contributed by atoms with E-state index in [0.29, 0.717) is 4.90 Å². The zero-order valence-electron chi connectivity index (χ0n) is 13.0. The Morgan fingerprint density at radius 1 is 1.09 bits per heavy atom. The molecule has 23 heavy (non-hydrogen) atoms. The van der Waals surface area contributed by atoms with E-state index < -0.39 is 27.1 Å². The maximum absolute atomic E-state index is 13.0. The number of benzene rings is 1. The van der Waals surface area contributed by atoms with Gasteiger partial charge in [-0.3, -0.25) is 10.1 Å². The predicted octanol–water partition coefficient (Wildman–Crippen LogP) is 2.22. The molecule has 0 aromatic heterocycles. The molecule has 2 fully saturated rings. The highest BCUT2D eigenvalue weighted by Gasteiger charge is 2.47. The summed E-state index contributed by atoms with van der Waals surface area (Å²) in [6.07, 6.45) is 5.47. The fourth-order valence-electron chi connectivity index (χ4n) is 4.00. The number of aliphatic carboxylic acids is 1. The highest BCUT2D eigenvalue weighted by Crippen LogP contribution is 2.36. The first-order valence-electron chi connectivity index (χ1n) is 8.28. The van der Waals surface area contributed by atoms with Gasteiger partial charge >= 0.3 is 5.97 Å². The van der Waals surface area contributed by atoms with E-state index in [1.54, 1.807) is 30.3 Å². The van der Waals surface area contributed by atoms with E-state index in [2.05, 4.69) is 5.32 Å². The molecule has 6 heteroatoms. The number of carboxylic acids is 1. The molecular weight excluding hydrogens is 314 g/mol. The Morgan fingerprint density at radius 3 is 2.35 bits per heavy atom. The molecular formula is C17H23NO4S. The summed E-state index contributed by atoms with van der Waals surface area (Å²) in [5.41, 5.74) is 0. The molecule has 1 aromatic rings. The van der Waals surface area contributed by atoms with Gasteiger partial charge in [0.25, 0.3) is 0 Å². The number of sulfone groups is 1. The van der Waals surface area contributed by atoms with Gasteiger partial charge in [0.15, 0.2) is 9.84 Å². The number of rotatable bonds is 4. The molecule has 1 aromatic carbocycles. The second-order valence-electron chi connectivity index (χ2n) is 6.61. The van der Waals surface area contributed by atoms with Crippen LogP contribution in [0.3, 0.4) is 0 Å². The Kier molecular flexibility index (Phi) is 4.73. The summed E-state index contributed by atoms with van der Waals surface area (Å²) in [5, 5.41) is 11.8. The second-order valence-corrected chi connectivity index (χ2v) is 8.78. The standard InChI is InChI=1S/C17H23NO4S/c19-17(20)14-11-15(16(18-14)12-7-3-1-4-8-12)23(21,22)13-9-5-2-6-10-13/h2,5-6,9-10,12,14-16,18H,1,3-4,7-8,11H2,(H,19,20)/t14-,15+,16-/m1/s1. The molecule has 3 rings (SSSR count). The molecule has 0 radical (unpaired) electrons. The molecule has 1 saturated heterocycles. The Balaban J connectivity index is 1.91. The highest BCUT2D eigenvalue weighted by molar-refractivity contribution is 7.92. The zero-order chi connectivity index (χ0) is 16.4. The van der Waals surface area contributed by atoms with Crippen molar-refractivity contribution in [3.63, 3.8) is 0 Å². The first-order valence-corrected chi connectivity index (χ1v) is 9.82. The minimum absolute atomic E-state index is 0.147. The first-order chi connectivity index (χ1) is 11.0. The smallest absolute Gasteiger partial charge is 0.320 e. The molecule has 2 N–H and O–H groups in total. The average molecular weight is 337 g/mol. The lowest BCUT2D eigenvalue weighted by Gasteiger charge is -2.31. The molecule has 1 aliphatic carbocycles. The van der Waals surface area contributed by atoms with E-state index >= 15 is 0 Å². The van der Waals surface area contributed by atoms with Crippen LogP contribution in [0.4, 0.5) is 0 Å².